The van der Waals surface area contributed by atoms with Gasteiger partial charge in [0.2, 0.25) is 23.6 Å². The maximum atomic E-state index is 13.9. The molecule has 13 heteroatoms. The molecule has 1 aliphatic heterocycles. The van der Waals surface area contributed by atoms with Crippen molar-refractivity contribution in [2.45, 2.75) is 87.7 Å². The highest BCUT2D eigenvalue weighted by atomic mass is 32.2. The number of hydrogen-bond acceptors (Lipinski definition) is 7. The van der Waals surface area contributed by atoms with Crippen molar-refractivity contribution >= 4 is 47.4 Å². The van der Waals surface area contributed by atoms with Crippen LogP contribution in [0.25, 0.3) is 6.08 Å². The summed E-state index contributed by atoms with van der Waals surface area (Å²) >= 11 is 1.50. The molecule has 248 valence electrons. The summed E-state index contributed by atoms with van der Waals surface area (Å²) in [6, 6.07) is 5.08. The highest BCUT2D eigenvalue weighted by molar-refractivity contribution is 7.98. The number of carbonyl (C=O) groups is 4. The second-order valence-electron chi connectivity index (χ2n) is 11.7. The van der Waals surface area contributed by atoms with Gasteiger partial charge in [0.15, 0.2) is 5.96 Å². The first-order chi connectivity index (χ1) is 21.7. The van der Waals surface area contributed by atoms with E-state index in [-0.39, 0.29) is 41.4 Å². The number of benzene rings is 1. The number of guanidine groups is 1. The van der Waals surface area contributed by atoms with Crippen LogP contribution in [0.3, 0.4) is 0 Å². The maximum Gasteiger partial charge on any atom is 0.244 e. The average molecular weight is 643 g/mol. The van der Waals surface area contributed by atoms with E-state index in [9.17, 15) is 19.2 Å². The third-order valence-corrected chi connectivity index (χ3v) is 9.38. The smallest absolute Gasteiger partial charge is 0.244 e. The summed E-state index contributed by atoms with van der Waals surface area (Å²) in [4.78, 5) is 57.4. The van der Waals surface area contributed by atoms with Crippen LogP contribution in [0.4, 0.5) is 0 Å². The molecule has 0 spiro atoms. The van der Waals surface area contributed by atoms with Gasteiger partial charge in [0.05, 0.1) is 6.04 Å². The van der Waals surface area contributed by atoms with Crippen LogP contribution in [-0.4, -0.2) is 79.6 Å². The Hall–Kier alpha value is -3.58. The van der Waals surface area contributed by atoms with Crippen molar-refractivity contribution in [1.82, 2.24) is 26.6 Å². The van der Waals surface area contributed by atoms with E-state index in [0.717, 1.165) is 62.6 Å². The van der Waals surface area contributed by atoms with Crippen molar-refractivity contribution < 1.29 is 19.2 Å². The number of amides is 4. The van der Waals surface area contributed by atoms with Crippen molar-refractivity contribution in [2.75, 3.05) is 25.9 Å². The zero-order valence-electron chi connectivity index (χ0n) is 26.3. The van der Waals surface area contributed by atoms with Crippen molar-refractivity contribution in [2.24, 2.45) is 22.4 Å². The van der Waals surface area contributed by atoms with Gasteiger partial charge >= 0.3 is 0 Å². The lowest BCUT2D eigenvalue weighted by molar-refractivity contribution is -0.134. The number of nitrogens with zero attached hydrogens (tertiary/aromatic N) is 1. The molecule has 1 aromatic rings. The van der Waals surface area contributed by atoms with E-state index in [1.54, 1.807) is 6.08 Å². The number of rotatable bonds is 17. The number of likely N-dealkylation sites (N-methyl/N-ethyl adjacent to an activating group) is 1. The standard InChI is InChI=1S/C32H50N8O4S/c1-3-21-10-7-11-22(18-21)19-45-20-26(30(43)38-25(28(41)35-2)15-9-17-37-32(33)34)39-31(44)27(23-12-5-4-6-13-23)40-29(42)24-14-8-16-36-24/h3,7,10-11,18,23-27,36H,1,4-6,8-9,12-17,19-20H2,2H3,(H,35,41)(H,38,43)(H,39,44)(H,40,42)(H4,33,34,37)/t24-,25-,26-,27-/m0/s1. The fourth-order valence-electron chi connectivity index (χ4n) is 5.79. The van der Waals surface area contributed by atoms with Gasteiger partial charge in [-0.3, -0.25) is 24.2 Å². The lowest BCUT2D eigenvalue weighted by Gasteiger charge is -2.32. The highest BCUT2D eigenvalue weighted by Gasteiger charge is 2.36. The molecule has 12 nitrogen and oxygen atoms in total. The first kappa shape index (κ1) is 35.9. The molecule has 0 unspecified atom stereocenters. The van der Waals surface area contributed by atoms with Gasteiger partial charge in [0.1, 0.15) is 18.1 Å². The van der Waals surface area contributed by atoms with E-state index in [4.69, 9.17) is 11.5 Å². The Balaban J connectivity index is 1.77. The van der Waals surface area contributed by atoms with Crippen molar-refractivity contribution in [3.8, 4) is 0 Å². The Kier molecular flexibility index (Phi) is 15.2. The maximum absolute atomic E-state index is 13.9. The van der Waals surface area contributed by atoms with E-state index in [0.29, 0.717) is 25.1 Å². The van der Waals surface area contributed by atoms with Gasteiger partial charge in [-0.05, 0) is 62.1 Å². The van der Waals surface area contributed by atoms with Crippen LogP contribution in [0.1, 0.15) is 68.9 Å². The molecule has 0 radical (unpaired) electrons. The number of aliphatic imine (C=N–C) groups is 1. The number of nitrogens with two attached hydrogens (primary N) is 2. The van der Waals surface area contributed by atoms with Crippen LogP contribution in [0.5, 0.6) is 0 Å². The van der Waals surface area contributed by atoms with Crippen LogP contribution >= 0.6 is 11.8 Å². The summed E-state index contributed by atoms with van der Waals surface area (Å²) in [5.41, 5.74) is 12.9. The molecule has 2 fully saturated rings. The summed E-state index contributed by atoms with van der Waals surface area (Å²) in [6.45, 7) is 4.91. The van der Waals surface area contributed by atoms with Gasteiger partial charge in [-0.25, -0.2) is 0 Å². The first-order valence-electron chi connectivity index (χ1n) is 15.9. The van der Waals surface area contributed by atoms with Crippen molar-refractivity contribution in [3.63, 3.8) is 0 Å². The Morgan fingerprint density at radius 3 is 2.44 bits per heavy atom. The third kappa shape index (κ3) is 12.0. The van der Waals surface area contributed by atoms with Gasteiger partial charge in [0, 0.05) is 25.1 Å². The SMILES string of the molecule is C=Cc1cccc(CSC[C@H](NC(=O)[C@@H](NC(=O)[C@@H]2CCCN2)C2CCCCC2)C(=O)N[C@@H](CCCN=C(N)N)C(=O)NC)c1. The summed E-state index contributed by atoms with van der Waals surface area (Å²) in [5, 5.41) is 14.6. The summed E-state index contributed by atoms with van der Waals surface area (Å²) in [6.07, 6.45) is 8.92. The molecule has 1 heterocycles. The van der Waals surface area contributed by atoms with E-state index >= 15 is 0 Å². The van der Waals surface area contributed by atoms with E-state index in [1.807, 2.05) is 24.3 Å². The molecular formula is C32H50N8O4S. The van der Waals surface area contributed by atoms with Gasteiger partial charge in [-0.2, -0.15) is 11.8 Å². The molecule has 1 saturated carbocycles. The molecule has 1 aromatic carbocycles. The third-order valence-electron chi connectivity index (χ3n) is 8.28. The van der Waals surface area contributed by atoms with Gasteiger partial charge in [-0.15, -0.1) is 0 Å². The molecule has 4 atom stereocenters. The zero-order valence-corrected chi connectivity index (χ0v) is 27.1. The molecule has 45 heavy (non-hydrogen) atoms. The van der Waals surface area contributed by atoms with Crippen LogP contribution in [0.15, 0.2) is 35.8 Å². The molecule has 9 N–H and O–H groups in total. The van der Waals surface area contributed by atoms with Crippen molar-refractivity contribution in [1.29, 1.82) is 0 Å². The average Bonchev–Trinajstić information content (AvgIpc) is 3.60. The summed E-state index contributed by atoms with van der Waals surface area (Å²) in [7, 11) is 1.50. The predicted octanol–water partition coefficient (Wildman–Crippen LogP) is 1.15. The topological polar surface area (TPSA) is 193 Å². The van der Waals surface area contributed by atoms with Crippen LogP contribution in [0, 0.1) is 5.92 Å². The Morgan fingerprint density at radius 2 is 1.78 bits per heavy atom. The summed E-state index contributed by atoms with van der Waals surface area (Å²) in [5.74, 6) is -0.591. The Morgan fingerprint density at radius 1 is 1.02 bits per heavy atom. The lowest BCUT2D eigenvalue weighted by atomic mass is 9.83. The lowest BCUT2D eigenvalue weighted by Crippen LogP contribution is -2.60. The first-order valence-corrected chi connectivity index (χ1v) is 17.1. The zero-order chi connectivity index (χ0) is 32.6. The highest BCUT2D eigenvalue weighted by Crippen LogP contribution is 2.27. The monoisotopic (exact) mass is 642 g/mol. The quantitative estimate of drug-likeness (QED) is 0.0747. The second-order valence-corrected chi connectivity index (χ2v) is 12.7. The molecule has 3 rings (SSSR count). The van der Waals surface area contributed by atoms with Crippen LogP contribution in [-0.2, 0) is 24.9 Å². The van der Waals surface area contributed by atoms with Gasteiger partial charge in [-0.1, -0.05) is 56.2 Å². The fourth-order valence-corrected chi connectivity index (χ4v) is 6.80. The van der Waals surface area contributed by atoms with Crippen LogP contribution in [0.2, 0.25) is 0 Å². The van der Waals surface area contributed by atoms with Crippen LogP contribution < -0.4 is 38.1 Å². The fraction of sp³-hybridized carbons (Fsp3) is 0.594. The van der Waals surface area contributed by atoms with Crippen molar-refractivity contribution in [3.05, 3.63) is 42.0 Å². The largest absolute Gasteiger partial charge is 0.370 e. The summed E-state index contributed by atoms with van der Waals surface area (Å²) < 4.78 is 0. The minimum Gasteiger partial charge on any atom is -0.370 e. The minimum absolute atomic E-state index is 0.0173. The van der Waals surface area contributed by atoms with Gasteiger partial charge in [0.25, 0.3) is 0 Å². The van der Waals surface area contributed by atoms with Gasteiger partial charge < -0.3 is 38.1 Å². The normalized spacial score (nSPS) is 18.6. The second kappa shape index (κ2) is 19.1. The molecular weight excluding hydrogens is 592 g/mol. The number of thioether (sulfide) groups is 1. The van der Waals surface area contributed by atoms with E-state index < -0.39 is 24.0 Å². The predicted molar refractivity (Wildman–Crippen MR) is 180 cm³/mol. The molecule has 4 amide bonds. The number of carbonyl (C=O) groups excluding carboxylic acids is 4. The minimum atomic E-state index is -0.942. The van der Waals surface area contributed by atoms with E-state index in [2.05, 4.69) is 38.2 Å². The molecule has 0 bridgehead atoms. The number of nitrogens with one attached hydrogen (secondary N) is 5. The molecule has 1 saturated heterocycles. The molecule has 2 aliphatic rings. The number of hydrogen-bond donors (Lipinski definition) is 7. The molecule has 0 aromatic heterocycles. The Labute approximate surface area is 270 Å². The Bertz CT molecular complexity index is 1180. The molecule has 1 aliphatic carbocycles. The van der Waals surface area contributed by atoms with E-state index in [1.165, 1.54) is 18.8 Å².